The third-order valence-corrected chi connectivity index (χ3v) is 6.84. The third kappa shape index (κ3) is 4.26. The van der Waals surface area contributed by atoms with E-state index >= 15 is 0 Å². The number of carbonyl (C=O) groups excluding carboxylic acids is 1. The molecule has 2 bridgehead atoms. The summed E-state index contributed by atoms with van der Waals surface area (Å²) in [6.45, 7) is 0.862. The summed E-state index contributed by atoms with van der Waals surface area (Å²) < 4.78 is 45.2. The lowest BCUT2D eigenvalue weighted by Gasteiger charge is -2.41. The Morgan fingerprint density at radius 2 is 2.06 bits per heavy atom. The SMILES string of the molecule is COc1cccc(C(NC(=O)c2cccc(C(F)(F)F)c2Cl)C23CCCC(CN2)C3)c1. The van der Waals surface area contributed by atoms with Crippen molar-refractivity contribution in [3.05, 3.63) is 64.2 Å². The van der Waals surface area contributed by atoms with Crippen LogP contribution in [0.4, 0.5) is 13.2 Å². The zero-order chi connectivity index (χ0) is 22.2. The lowest BCUT2D eigenvalue weighted by atomic mass is 9.73. The molecule has 2 aliphatic rings. The maximum Gasteiger partial charge on any atom is 0.417 e. The van der Waals surface area contributed by atoms with Crippen LogP contribution in [-0.2, 0) is 6.18 Å². The molecule has 3 unspecified atom stereocenters. The van der Waals surface area contributed by atoms with Crippen molar-refractivity contribution >= 4 is 17.5 Å². The minimum absolute atomic E-state index is 0.189. The molecule has 1 aliphatic carbocycles. The molecule has 8 heteroatoms. The van der Waals surface area contributed by atoms with E-state index in [0.29, 0.717) is 11.7 Å². The van der Waals surface area contributed by atoms with Crippen LogP contribution in [-0.4, -0.2) is 25.1 Å². The molecule has 4 nitrogen and oxygen atoms in total. The summed E-state index contributed by atoms with van der Waals surface area (Å²) in [6.07, 6.45) is -0.722. The summed E-state index contributed by atoms with van der Waals surface area (Å²) in [5.41, 5.74) is -0.731. The number of ether oxygens (including phenoxy) is 1. The molecule has 3 atom stereocenters. The minimum Gasteiger partial charge on any atom is -0.497 e. The molecule has 166 valence electrons. The highest BCUT2D eigenvalue weighted by Crippen LogP contribution is 2.45. The first-order chi connectivity index (χ1) is 14.7. The molecule has 4 rings (SSSR count). The van der Waals surface area contributed by atoms with E-state index < -0.39 is 28.7 Å². The Bertz CT molecular complexity index is 978. The van der Waals surface area contributed by atoms with Gasteiger partial charge in [0.1, 0.15) is 5.75 Å². The van der Waals surface area contributed by atoms with Crippen LogP contribution in [0.3, 0.4) is 0 Å². The average molecular weight is 453 g/mol. The second-order valence-corrected chi connectivity index (χ2v) is 8.73. The Morgan fingerprint density at radius 1 is 1.29 bits per heavy atom. The summed E-state index contributed by atoms with van der Waals surface area (Å²) in [6, 6.07) is 10.4. The molecule has 1 saturated carbocycles. The first-order valence-corrected chi connectivity index (χ1v) is 10.7. The van der Waals surface area contributed by atoms with Crippen LogP contribution in [0.25, 0.3) is 0 Å². The molecule has 2 N–H and O–H groups in total. The van der Waals surface area contributed by atoms with Crippen LogP contribution in [0, 0.1) is 5.92 Å². The molecule has 2 aromatic carbocycles. The maximum atomic E-state index is 13.3. The van der Waals surface area contributed by atoms with Crippen molar-refractivity contribution in [1.82, 2.24) is 10.6 Å². The fourth-order valence-corrected chi connectivity index (χ4v) is 5.29. The zero-order valence-corrected chi connectivity index (χ0v) is 17.8. The van der Waals surface area contributed by atoms with Gasteiger partial charge in [-0.2, -0.15) is 13.2 Å². The van der Waals surface area contributed by atoms with Crippen LogP contribution in [0.15, 0.2) is 42.5 Å². The first-order valence-electron chi connectivity index (χ1n) is 10.3. The van der Waals surface area contributed by atoms with Gasteiger partial charge >= 0.3 is 6.18 Å². The minimum atomic E-state index is -4.64. The summed E-state index contributed by atoms with van der Waals surface area (Å²) in [5.74, 6) is 0.542. The molecule has 1 amide bonds. The van der Waals surface area contributed by atoms with E-state index in [0.717, 1.165) is 43.9 Å². The molecule has 0 spiro atoms. The van der Waals surface area contributed by atoms with Crippen LogP contribution in [0.2, 0.25) is 5.02 Å². The number of nitrogens with one attached hydrogen (secondary N) is 2. The van der Waals surface area contributed by atoms with Gasteiger partial charge in [0, 0.05) is 5.54 Å². The number of alkyl halides is 3. The van der Waals surface area contributed by atoms with Gasteiger partial charge in [-0.15, -0.1) is 0 Å². The Kier molecular flexibility index (Phi) is 5.92. The molecule has 2 aromatic rings. The van der Waals surface area contributed by atoms with E-state index in [4.69, 9.17) is 16.3 Å². The molecular formula is C23H24ClF3N2O2. The second kappa shape index (κ2) is 8.36. The van der Waals surface area contributed by atoms with Crippen LogP contribution in [0.1, 0.15) is 53.2 Å². The van der Waals surface area contributed by atoms with E-state index in [1.54, 1.807) is 7.11 Å². The quantitative estimate of drug-likeness (QED) is 0.641. The number of carbonyl (C=O) groups is 1. The predicted molar refractivity (Wildman–Crippen MR) is 112 cm³/mol. The number of methoxy groups -OCH3 is 1. The summed E-state index contributed by atoms with van der Waals surface area (Å²) in [7, 11) is 1.57. The number of amides is 1. The van der Waals surface area contributed by atoms with Gasteiger partial charge in [0.15, 0.2) is 0 Å². The molecule has 1 saturated heterocycles. The first kappa shape index (κ1) is 22.0. The van der Waals surface area contributed by atoms with Gasteiger partial charge in [0.25, 0.3) is 5.91 Å². The topological polar surface area (TPSA) is 50.4 Å². The van der Waals surface area contributed by atoms with Crippen molar-refractivity contribution in [1.29, 1.82) is 0 Å². The number of benzene rings is 2. The fourth-order valence-electron chi connectivity index (χ4n) is 4.97. The number of fused-ring (bicyclic) bond motifs is 2. The van der Waals surface area contributed by atoms with E-state index in [9.17, 15) is 18.0 Å². The van der Waals surface area contributed by atoms with Crippen LogP contribution >= 0.6 is 11.6 Å². The Hall–Kier alpha value is -2.25. The van der Waals surface area contributed by atoms with Crippen molar-refractivity contribution in [3.8, 4) is 5.75 Å². The lowest BCUT2D eigenvalue weighted by Crippen LogP contribution is -2.52. The summed E-state index contributed by atoms with van der Waals surface area (Å²) >= 11 is 6.01. The van der Waals surface area contributed by atoms with E-state index in [1.165, 1.54) is 12.1 Å². The van der Waals surface area contributed by atoms with E-state index in [2.05, 4.69) is 10.6 Å². The highest BCUT2D eigenvalue weighted by atomic mass is 35.5. The van der Waals surface area contributed by atoms with Crippen LogP contribution in [0.5, 0.6) is 5.75 Å². The molecule has 0 aromatic heterocycles. The molecule has 1 aliphatic heterocycles. The van der Waals surface area contributed by atoms with Crippen molar-refractivity contribution in [2.75, 3.05) is 13.7 Å². The largest absolute Gasteiger partial charge is 0.497 e. The molecular weight excluding hydrogens is 429 g/mol. The Balaban J connectivity index is 1.71. The normalized spacial score (nSPS) is 24.0. The van der Waals surface area contributed by atoms with E-state index in [-0.39, 0.29) is 11.1 Å². The van der Waals surface area contributed by atoms with Gasteiger partial charge in [-0.3, -0.25) is 4.79 Å². The number of hydrogen-bond donors (Lipinski definition) is 2. The summed E-state index contributed by atoms with van der Waals surface area (Å²) in [4.78, 5) is 13.2. The molecule has 31 heavy (non-hydrogen) atoms. The van der Waals surface area contributed by atoms with Gasteiger partial charge in [0.05, 0.1) is 29.3 Å². The second-order valence-electron chi connectivity index (χ2n) is 8.35. The zero-order valence-electron chi connectivity index (χ0n) is 17.1. The smallest absolute Gasteiger partial charge is 0.417 e. The van der Waals surface area contributed by atoms with Gasteiger partial charge in [-0.05, 0) is 61.6 Å². The molecule has 1 heterocycles. The average Bonchev–Trinajstić information content (AvgIpc) is 3.05. The maximum absolute atomic E-state index is 13.3. The Morgan fingerprint density at radius 3 is 2.81 bits per heavy atom. The molecule has 2 fully saturated rings. The van der Waals surface area contributed by atoms with Gasteiger partial charge in [-0.25, -0.2) is 0 Å². The van der Waals surface area contributed by atoms with Crippen molar-refractivity contribution in [2.24, 2.45) is 5.92 Å². The van der Waals surface area contributed by atoms with Crippen molar-refractivity contribution in [3.63, 3.8) is 0 Å². The monoisotopic (exact) mass is 452 g/mol. The highest BCUT2D eigenvalue weighted by molar-refractivity contribution is 6.34. The van der Waals surface area contributed by atoms with Crippen molar-refractivity contribution < 1.29 is 22.7 Å². The number of halogens is 4. The molecule has 0 radical (unpaired) electrons. The lowest BCUT2D eigenvalue weighted by molar-refractivity contribution is -0.137. The third-order valence-electron chi connectivity index (χ3n) is 6.43. The number of hydrogen-bond acceptors (Lipinski definition) is 3. The Labute approximate surface area is 184 Å². The van der Waals surface area contributed by atoms with Gasteiger partial charge in [-0.1, -0.05) is 36.2 Å². The van der Waals surface area contributed by atoms with Gasteiger partial charge < -0.3 is 15.4 Å². The summed E-state index contributed by atoms with van der Waals surface area (Å²) in [5, 5.41) is 6.02. The van der Waals surface area contributed by atoms with Crippen molar-refractivity contribution in [2.45, 2.75) is 43.4 Å². The van der Waals surface area contributed by atoms with Gasteiger partial charge in [0.2, 0.25) is 0 Å². The number of rotatable bonds is 5. The predicted octanol–water partition coefficient (Wildman–Crippen LogP) is 5.37. The fraction of sp³-hybridized carbons (Fsp3) is 0.435. The van der Waals surface area contributed by atoms with E-state index in [1.807, 2.05) is 24.3 Å². The highest BCUT2D eigenvalue weighted by Gasteiger charge is 2.48. The standard InChI is InChI=1S/C23H24ClF3N2O2/c1-31-16-7-2-6-15(11-16)20(22-10-4-5-14(12-22)13-28-22)29-21(30)17-8-3-9-18(19(17)24)23(25,26)27/h2-3,6-9,11,14,20,28H,4-5,10,12-13H2,1H3,(H,29,30). The van der Waals surface area contributed by atoms with Crippen LogP contribution < -0.4 is 15.4 Å².